The van der Waals surface area contributed by atoms with E-state index in [1.807, 2.05) is 32.2 Å². The number of nitrogens with zero attached hydrogens (tertiary/aromatic N) is 1. The van der Waals surface area contributed by atoms with E-state index in [0.717, 1.165) is 5.69 Å². The predicted octanol–water partition coefficient (Wildman–Crippen LogP) is 0.689. The first-order valence-corrected chi connectivity index (χ1v) is 4.09. The van der Waals surface area contributed by atoms with Crippen LogP contribution in [0.3, 0.4) is 0 Å². The standard InChI is InChI=1S/C9H15N3/c1-7(10)9(11-2)8-5-3-4-6-12-8/h3-7,9,11H,10H2,1-2H3. The van der Waals surface area contributed by atoms with Gasteiger partial charge < -0.3 is 11.1 Å². The number of aromatic nitrogens is 1. The molecule has 0 aromatic carbocycles. The summed E-state index contributed by atoms with van der Waals surface area (Å²) >= 11 is 0. The summed E-state index contributed by atoms with van der Waals surface area (Å²) in [4.78, 5) is 4.23. The lowest BCUT2D eigenvalue weighted by atomic mass is 10.1. The number of hydrogen-bond acceptors (Lipinski definition) is 3. The lowest BCUT2D eigenvalue weighted by Crippen LogP contribution is -2.34. The monoisotopic (exact) mass is 165 g/mol. The normalized spacial score (nSPS) is 15.6. The number of hydrogen-bond donors (Lipinski definition) is 2. The van der Waals surface area contributed by atoms with E-state index in [-0.39, 0.29) is 12.1 Å². The summed E-state index contributed by atoms with van der Waals surface area (Å²) in [6, 6.07) is 6.06. The Kier molecular flexibility index (Phi) is 3.19. The Morgan fingerprint density at radius 1 is 1.50 bits per heavy atom. The number of nitrogens with one attached hydrogen (secondary N) is 1. The average Bonchev–Trinajstić information content (AvgIpc) is 2.07. The molecule has 1 heterocycles. The molecule has 0 spiro atoms. The molecule has 1 aromatic heterocycles. The SMILES string of the molecule is CNC(c1ccccn1)C(C)N. The zero-order valence-electron chi connectivity index (χ0n) is 7.49. The van der Waals surface area contributed by atoms with Crippen molar-refractivity contribution in [2.75, 3.05) is 7.05 Å². The van der Waals surface area contributed by atoms with Crippen LogP contribution < -0.4 is 11.1 Å². The van der Waals surface area contributed by atoms with Gasteiger partial charge in [-0.25, -0.2) is 0 Å². The van der Waals surface area contributed by atoms with Crippen LogP contribution in [0.15, 0.2) is 24.4 Å². The number of pyridine rings is 1. The van der Waals surface area contributed by atoms with Gasteiger partial charge in [-0.3, -0.25) is 4.98 Å². The summed E-state index contributed by atoms with van der Waals surface area (Å²) < 4.78 is 0. The summed E-state index contributed by atoms with van der Waals surface area (Å²) in [5, 5.41) is 3.13. The molecule has 0 aliphatic rings. The summed E-state index contributed by atoms with van der Waals surface area (Å²) in [5.74, 6) is 0. The van der Waals surface area contributed by atoms with Crippen molar-refractivity contribution >= 4 is 0 Å². The van der Waals surface area contributed by atoms with Crippen LogP contribution >= 0.6 is 0 Å². The van der Waals surface area contributed by atoms with E-state index in [0.29, 0.717) is 0 Å². The van der Waals surface area contributed by atoms with E-state index in [4.69, 9.17) is 5.73 Å². The predicted molar refractivity (Wildman–Crippen MR) is 49.7 cm³/mol. The third-order valence-electron chi connectivity index (χ3n) is 1.84. The molecule has 0 radical (unpaired) electrons. The maximum absolute atomic E-state index is 5.78. The van der Waals surface area contributed by atoms with E-state index in [1.165, 1.54) is 0 Å². The minimum Gasteiger partial charge on any atom is -0.326 e. The summed E-state index contributed by atoms with van der Waals surface area (Å²) in [5.41, 5.74) is 6.77. The van der Waals surface area contributed by atoms with Crippen LogP contribution in [0.5, 0.6) is 0 Å². The second-order valence-corrected chi connectivity index (χ2v) is 2.88. The lowest BCUT2D eigenvalue weighted by molar-refractivity contribution is 0.492. The minimum atomic E-state index is 0.0740. The highest BCUT2D eigenvalue weighted by Gasteiger charge is 2.13. The van der Waals surface area contributed by atoms with E-state index in [2.05, 4.69) is 10.3 Å². The quantitative estimate of drug-likeness (QED) is 0.692. The van der Waals surface area contributed by atoms with E-state index in [9.17, 15) is 0 Å². The van der Waals surface area contributed by atoms with Gasteiger partial charge in [0.15, 0.2) is 0 Å². The van der Waals surface area contributed by atoms with Crippen molar-refractivity contribution in [3.8, 4) is 0 Å². The van der Waals surface area contributed by atoms with Crippen molar-refractivity contribution in [2.24, 2.45) is 5.73 Å². The van der Waals surface area contributed by atoms with Gasteiger partial charge in [-0.1, -0.05) is 6.07 Å². The van der Waals surface area contributed by atoms with Crippen LogP contribution in [0.25, 0.3) is 0 Å². The highest BCUT2D eigenvalue weighted by atomic mass is 14.9. The Bertz CT molecular complexity index is 220. The number of rotatable bonds is 3. The van der Waals surface area contributed by atoms with Crippen molar-refractivity contribution in [2.45, 2.75) is 19.0 Å². The highest BCUT2D eigenvalue weighted by molar-refractivity contribution is 5.10. The zero-order chi connectivity index (χ0) is 8.97. The topological polar surface area (TPSA) is 50.9 Å². The molecule has 0 fully saturated rings. The lowest BCUT2D eigenvalue weighted by Gasteiger charge is -2.18. The molecule has 0 saturated heterocycles. The van der Waals surface area contributed by atoms with Crippen LogP contribution in [0.2, 0.25) is 0 Å². The first-order chi connectivity index (χ1) is 5.75. The molecular formula is C9H15N3. The maximum Gasteiger partial charge on any atom is 0.0643 e. The molecule has 66 valence electrons. The molecule has 0 aliphatic carbocycles. The fourth-order valence-electron chi connectivity index (χ4n) is 1.24. The molecule has 1 rings (SSSR count). The van der Waals surface area contributed by atoms with Crippen molar-refractivity contribution in [3.05, 3.63) is 30.1 Å². The number of nitrogens with two attached hydrogens (primary N) is 1. The van der Waals surface area contributed by atoms with E-state index >= 15 is 0 Å². The highest BCUT2D eigenvalue weighted by Crippen LogP contribution is 2.10. The van der Waals surface area contributed by atoms with Crippen molar-refractivity contribution in [1.29, 1.82) is 0 Å². The molecular weight excluding hydrogens is 150 g/mol. The Morgan fingerprint density at radius 3 is 2.67 bits per heavy atom. The third kappa shape index (κ3) is 2.03. The van der Waals surface area contributed by atoms with Crippen LogP contribution in [-0.4, -0.2) is 18.1 Å². The molecule has 2 atom stereocenters. The van der Waals surface area contributed by atoms with Crippen molar-refractivity contribution in [1.82, 2.24) is 10.3 Å². The first kappa shape index (κ1) is 9.16. The fourth-order valence-corrected chi connectivity index (χ4v) is 1.24. The van der Waals surface area contributed by atoms with Crippen molar-refractivity contribution in [3.63, 3.8) is 0 Å². The summed E-state index contributed by atoms with van der Waals surface area (Å²) in [7, 11) is 1.89. The van der Waals surface area contributed by atoms with Gasteiger partial charge in [0.05, 0.1) is 11.7 Å². The largest absolute Gasteiger partial charge is 0.326 e. The zero-order valence-corrected chi connectivity index (χ0v) is 7.49. The van der Waals surface area contributed by atoms with Gasteiger partial charge in [0.2, 0.25) is 0 Å². The van der Waals surface area contributed by atoms with Gasteiger partial charge in [-0.2, -0.15) is 0 Å². The van der Waals surface area contributed by atoms with Crippen LogP contribution in [0, 0.1) is 0 Å². The first-order valence-electron chi connectivity index (χ1n) is 4.09. The van der Waals surface area contributed by atoms with Gasteiger partial charge in [-0.15, -0.1) is 0 Å². The van der Waals surface area contributed by atoms with E-state index < -0.39 is 0 Å². The van der Waals surface area contributed by atoms with Crippen LogP contribution in [-0.2, 0) is 0 Å². The smallest absolute Gasteiger partial charge is 0.0643 e. The Hall–Kier alpha value is -0.930. The number of likely N-dealkylation sites (N-methyl/N-ethyl adjacent to an activating group) is 1. The second-order valence-electron chi connectivity index (χ2n) is 2.88. The van der Waals surface area contributed by atoms with Gasteiger partial charge in [0.1, 0.15) is 0 Å². The van der Waals surface area contributed by atoms with Gasteiger partial charge in [0.25, 0.3) is 0 Å². The minimum absolute atomic E-state index is 0.0740. The molecule has 12 heavy (non-hydrogen) atoms. The molecule has 3 heteroatoms. The second kappa shape index (κ2) is 4.18. The molecule has 3 nitrogen and oxygen atoms in total. The Morgan fingerprint density at radius 2 is 2.25 bits per heavy atom. The van der Waals surface area contributed by atoms with Gasteiger partial charge in [-0.05, 0) is 26.1 Å². The molecule has 0 bridgehead atoms. The van der Waals surface area contributed by atoms with Crippen molar-refractivity contribution < 1.29 is 0 Å². The molecule has 1 aromatic rings. The Balaban J connectivity index is 2.80. The van der Waals surface area contributed by atoms with Crippen LogP contribution in [0.4, 0.5) is 0 Å². The third-order valence-corrected chi connectivity index (χ3v) is 1.84. The van der Waals surface area contributed by atoms with Crippen LogP contribution in [0.1, 0.15) is 18.7 Å². The molecule has 2 unspecified atom stereocenters. The maximum atomic E-state index is 5.78. The Labute approximate surface area is 73.0 Å². The molecule has 0 aliphatic heterocycles. The average molecular weight is 165 g/mol. The van der Waals surface area contributed by atoms with Gasteiger partial charge in [0, 0.05) is 12.2 Å². The molecule has 0 amide bonds. The molecule has 3 N–H and O–H groups in total. The van der Waals surface area contributed by atoms with Gasteiger partial charge >= 0.3 is 0 Å². The summed E-state index contributed by atoms with van der Waals surface area (Å²) in [6.45, 7) is 1.97. The molecule has 0 saturated carbocycles. The fraction of sp³-hybridized carbons (Fsp3) is 0.444. The summed E-state index contributed by atoms with van der Waals surface area (Å²) in [6.07, 6.45) is 1.78. The van der Waals surface area contributed by atoms with E-state index in [1.54, 1.807) is 6.20 Å².